The molecule has 0 radical (unpaired) electrons. The van der Waals surface area contributed by atoms with Gasteiger partial charge in [0.15, 0.2) is 0 Å². The molecule has 0 atom stereocenters. The molecule has 3 aromatic rings. The van der Waals surface area contributed by atoms with Gasteiger partial charge in [-0.1, -0.05) is 36.0 Å². The summed E-state index contributed by atoms with van der Waals surface area (Å²) in [5.74, 6) is -0.540. The molecule has 2 aromatic heterocycles. The molecule has 1 N–H and O–H groups in total. The molecule has 0 saturated carbocycles. The van der Waals surface area contributed by atoms with E-state index < -0.39 is 0 Å². The van der Waals surface area contributed by atoms with E-state index >= 15 is 0 Å². The van der Waals surface area contributed by atoms with Crippen molar-refractivity contribution in [1.82, 2.24) is 35.4 Å². The Balaban J connectivity index is 1.27. The summed E-state index contributed by atoms with van der Waals surface area (Å²) in [6, 6.07) is 11.2. The maximum Gasteiger partial charge on any atom is 0.293 e. The molecule has 3 amide bonds. The number of thioether (sulfide) groups is 2. The van der Waals surface area contributed by atoms with E-state index in [2.05, 4.69) is 25.8 Å². The summed E-state index contributed by atoms with van der Waals surface area (Å²) in [4.78, 5) is 42.5. The maximum atomic E-state index is 12.5. The lowest BCUT2D eigenvalue weighted by atomic mass is 10.2. The molecule has 1 saturated heterocycles. The first-order valence-corrected chi connectivity index (χ1v) is 11.7. The van der Waals surface area contributed by atoms with E-state index in [1.165, 1.54) is 11.8 Å². The number of benzene rings is 1. The smallest absolute Gasteiger partial charge is 0.293 e. The minimum absolute atomic E-state index is 0.0897. The third-order valence-electron chi connectivity index (χ3n) is 4.63. The molecule has 10 nitrogen and oxygen atoms in total. The zero-order valence-electron chi connectivity index (χ0n) is 17.5. The molecule has 1 fully saturated rings. The number of imide groups is 1. The molecule has 0 unspecified atom stereocenters. The number of rotatable bonds is 8. The molecule has 1 aliphatic heterocycles. The van der Waals surface area contributed by atoms with Crippen LogP contribution in [0, 0.1) is 6.92 Å². The van der Waals surface area contributed by atoms with Gasteiger partial charge in [0.05, 0.1) is 16.3 Å². The number of carbonyl (C=O) groups excluding carboxylic acids is 3. The van der Waals surface area contributed by atoms with Gasteiger partial charge in [-0.25, -0.2) is 0 Å². The van der Waals surface area contributed by atoms with Gasteiger partial charge in [0.2, 0.25) is 11.1 Å². The molecule has 4 rings (SSSR count). The molecule has 12 heteroatoms. The summed E-state index contributed by atoms with van der Waals surface area (Å²) >= 11 is 2.07. The largest absolute Gasteiger partial charge is 0.354 e. The van der Waals surface area contributed by atoms with Gasteiger partial charge in [0.1, 0.15) is 0 Å². The number of aromatic nitrogens is 5. The van der Waals surface area contributed by atoms with Gasteiger partial charge < -0.3 is 5.32 Å². The second-order valence-electron chi connectivity index (χ2n) is 6.92. The minimum atomic E-state index is -0.380. The van der Waals surface area contributed by atoms with Crippen molar-refractivity contribution in [3.05, 3.63) is 64.8 Å². The Bertz CT molecular complexity index is 1210. The van der Waals surface area contributed by atoms with Crippen molar-refractivity contribution in [2.75, 3.05) is 18.8 Å². The predicted molar refractivity (Wildman–Crippen MR) is 125 cm³/mol. The van der Waals surface area contributed by atoms with Gasteiger partial charge >= 0.3 is 0 Å². The molecule has 0 bridgehead atoms. The fraction of sp³-hybridized carbons (Fsp3) is 0.190. The van der Waals surface area contributed by atoms with Crippen LogP contribution in [0.5, 0.6) is 0 Å². The fourth-order valence-electron chi connectivity index (χ4n) is 3.01. The Morgan fingerprint density at radius 3 is 2.85 bits per heavy atom. The van der Waals surface area contributed by atoms with Gasteiger partial charge in [-0.3, -0.25) is 24.3 Å². The number of para-hydroxylation sites is 1. The monoisotopic (exact) mass is 481 g/mol. The number of tetrazole rings is 1. The Labute approximate surface area is 197 Å². The molecule has 0 aliphatic carbocycles. The highest BCUT2D eigenvalue weighted by molar-refractivity contribution is 8.18. The number of aryl methyl sites for hydroxylation is 1. The number of hydrogen-bond acceptors (Lipinski definition) is 9. The van der Waals surface area contributed by atoms with Crippen LogP contribution in [0.3, 0.4) is 0 Å². The number of pyridine rings is 1. The summed E-state index contributed by atoms with van der Waals surface area (Å²) in [7, 11) is 0. The van der Waals surface area contributed by atoms with Crippen LogP contribution >= 0.6 is 23.5 Å². The van der Waals surface area contributed by atoms with E-state index in [9.17, 15) is 14.4 Å². The summed E-state index contributed by atoms with van der Waals surface area (Å²) < 4.78 is 1.59. The highest BCUT2D eigenvalue weighted by atomic mass is 32.2. The van der Waals surface area contributed by atoms with Gasteiger partial charge in [0.25, 0.3) is 11.1 Å². The first-order chi connectivity index (χ1) is 16.0. The molecule has 168 valence electrons. The van der Waals surface area contributed by atoms with Crippen LogP contribution in [0.2, 0.25) is 0 Å². The van der Waals surface area contributed by atoms with Gasteiger partial charge in [-0.05, 0) is 58.4 Å². The Kier molecular flexibility index (Phi) is 7.15. The van der Waals surface area contributed by atoms with Crippen LogP contribution in [0.4, 0.5) is 4.79 Å². The summed E-state index contributed by atoms with van der Waals surface area (Å²) in [6.45, 7) is 2.20. The molecule has 33 heavy (non-hydrogen) atoms. The second kappa shape index (κ2) is 10.4. The standard InChI is InChI=1S/C21H19N7O3S2/c1-14-5-2-3-7-16(14)28-20(24-25-26-28)32-13-18(29)23-9-10-27-19(30)17(33-21(27)31)11-15-6-4-8-22-12-15/h2-8,11-12H,9-10,13H2,1H3,(H,23,29)/b17-11-. The summed E-state index contributed by atoms with van der Waals surface area (Å²) in [5.41, 5.74) is 2.58. The van der Waals surface area contributed by atoms with Crippen LogP contribution in [0.15, 0.2) is 58.9 Å². The summed E-state index contributed by atoms with van der Waals surface area (Å²) in [6.07, 6.45) is 4.88. The van der Waals surface area contributed by atoms with Crippen LogP contribution in [0.25, 0.3) is 11.8 Å². The molecule has 3 heterocycles. The van der Waals surface area contributed by atoms with Crippen molar-refractivity contribution < 1.29 is 14.4 Å². The van der Waals surface area contributed by atoms with E-state index in [-0.39, 0.29) is 35.9 Å². The van der Waals surface area contributed by atoms with Gasteiger partial charge in [0, 0.05) is 25.5 Å². The number of hydrogen-bond donors (Lipinski definition) is 1. The van der Waals surface area contributed by atoms with E-state index in [0.717, 1.165) is 33.5 Å². The minimum Gasteiger partial charge on any atom is -0.354 e. The molecule has 1 aliphatic rings. The zero-order valence-corrected chi connectivity index (χ0v) is 19.2. The number of nitrogens with one attached hydrogen (secondary N) is 1. The van der Waals surface area contributed by atoms with Gasteiger partial charge in [-0.15, -0.1) is 5.10 Å². The van der Waals surface area contributed by atoms with Crippen molar-refractivity contribution >= 4 is 46.7 Å². The topological polar surface area (TPSA) is 123 Å². The number of carbonyl (C=O) groups is 3. The van der Waals surface area contributed by atoms with E-state index in [4.69, 9.17) is 0 Å². The fourth-order valence-corrected chi connectivity index (χ4v) is 4.59. The lowest BCUT2D eigenvalue weighted by molar-refractivity contribution is -0.123. The molecule has 1 aromatic carbocycles. The van der Waals surface area contributed by atoms with Crippen LogP contribution in [-0.2, 0) is 9.59 Å². The lowest BCUT2D eigenvalue weighted by Gasteiger charge is -2.13. The van der Waals surface area contributed by atoms with Crippen molar-refractivity contribution in [3.8, 4) is 5.69 Å². The van der Waals surface area contributed by atoms with E-state index in [0.29, 0.717) is 10.1 Å². The Morgan fingerprint density at radius 2 is 2.06 bits per heavy atom. The van der Waals surface area contributed by atoms with Gasteiger partial charge in [-0.2, -0.15) is 4.68 Å². The molecular weight excluding hydrogens is 462 g/mol. The van der Waals surface area contributed by atoms with E-state index in [1.54, 1.807) is 35.3 Å². The van der Waals surface area contributed by atoms with Crippen molar-refractivity contribution in [2.24, 2.45) is 0 Å². The quantitative estimate of drug-likeness (QED) is 0.381. The Morgan fingerprint density at radius 1 is 1.21 bits per heavy atom. The van der Waals surface area contributed by atoms with Crippen molar-refractivity contribution in [1.29, 1.82) is 0 Å². The third-order valence-corrected chi connectivity index (χ3v) is 6.46. The first-order valence-electron chi connectivity index (χ1n) is 9.92. The zero-order chi connectivity index (χ0) is 23.2. The average Bonchev–Trinajstić information content (AvgIpc) is 3.38. The normalized spacial score (nSPS) is 14.8. The van der Waals surface area contributed by atoms with Crippen molar-refractivity contribution in [2.45, 2.75) is 12.1 Å². The van der Waals surface area contributed by atoms with Crippen molar-refractivity contribution in [3.63, 3.8) is 0 Å². The number of amides is 3. The number of nitrogens with zero attached hydrogens (tertiary/aromatic N) is 6. The van der Waals surface area contributed by atoms with Crippen LogP contribution < -0.4 is 5.32 Å². The maximum absolute atomic E-state index is 12.5. The second-order valence-corrected chi connectivity index (χ2v) is 8.85. The third kappa shape index (κ3) is 5.46. The SMILES string of the molecule is Cc1ccccc1-n1nnnc1SCC(=O)NCCN1C(=O)S/C(=C\c2cccnc2)C1=O. The van der Waals surface area contributed by atoms with Crippen LogP contribution in [-0.4, -0.2) is 66.0 Å². The highest BCUT2D eigenvalue weighted by Crippen LogP contribution is 2.31. The lowest BCUT2D eigenvalue weighted by Crippen LogP contribution is -2.37. The summed E-state index contributed by atoms with van der Waals surface area (Å²) in [5, 5.41) is 14.5. The molecular formula is C21H19N7O3S2. The first kappa shape index (κ1) is 22.7. The molecule has 0 spiro atoms. The highest BCUT2D eigenvalue weighted by Gasteiger charge is 2.34. The van der Waals surface area contributed by atoms with E-state index in [1.807, 2.05) is 31.2 Å². The predicted octanol–water partition coefficient (Wildman–Crippen LogP) is 2.31. The average molecular weight is 482 g/mol. The van der Waals surface area contributed by atoms with Crippen LogP contribution in [0.1, 0.15) is 11.1 Å². The Hall–Kier alpha value is -3.51.